The van der Waals surface area contributed by atoms with Crippen LogP contribution in [0.1, 0.15) is 69.4 Å². The first-order valence-electron chi connectivity index (χ1n) is 10.9. The summed E-state index contributed by atoms with van der Waals surface area (Å²) in [5.41, 5.74) is -0.827. The van der Waals surface area contributed by atoms with E-state index in [1.807, 2.05) is 13.8 Å². The van der Waals surface area contributed by atoms with Gasteiger partial charge in [0.2, 0.25) is 5.75 Å². The number of methoxy groups -OCH3 is 1. The molecule has 1 aliphatic rings. The van der Waals surface area contributed by atoms with Crippen LogP contribution in [0.15, 0.2) is 22.8 Å². The van der Waals surface area contributed by atoms with Gasteiger partial charge in [0.1, 0.15) is 11.9 Å². The van der Waals surface area contributed by atoms with E-state index in [4.69, 9.17) is 23.4 Å². The molecule has 9 heteroatoms. The van der Waals surface area contributed by atoms with E-state index in [-0.39, 0.29) is 17.2 Å². The molecule has 0 spiro atoms. The van der Waals surface area contributed by atoms with Crippen LogP contribution in [-0.2, 0) is 10.3 Å². The smallest absolute Gasteiger partial charge is 0.408 e. The van der Waals surface area contributed by atoms with Crippen LogP contribution in [0.5, 0.6) is 17.2 Å². The first-order chi connectivity index (χ1) is 15.4. The van der Waals surface area contributed by atoms with E-state index in [1.54, 1.807) is 39.8 Å². The van der Waals surface area contributed by atoms with E-state index in [1.165, 1.54) is 13.4 Å². The van der Waals surface area contributed by atoms with E-state index < -0.39 is 23.2 Å². The molecule has 1 N–H and O–H groups in total. The minimum absolute atomic E-state index is 0.0515. The van der Waals surface area contributed by atoms with Crippen LogP contribution in [0.2, 0.25) is 0 Å². The number of alkyl carbamates (subject to hydrolysis) is 1. The number of nitrogens with one attached hydrogen (secondary N) is 1. The molecule has 1 amide bonds. The van der Waals surface area contributed by atoms with Gasteiger partial charge in [-0.05, 0) is 65.5 Å². The van der Waals surface area contributed by atoms with Gasteiger partial charge in [0.15, 0.2) is 23.1 Å². The molecular formula is C24H32N2O7. The summed E-state index contributed by atoms with van der Waals surface area (Å²) in [6, 6.07) is 3.33. The number of esters is 1. The lowest BCUT2D eigenvalue weighted by Gasteiger charge is -2.31. The van der Waals surface area contributed by atoms with Crippen molar-refractivity contribution in [1.29, 1.82) is 0 Å². The van der Waals surface area contributed by atoms with Crippen molar-refractivity contribution in [3.63, 3.8) is 0 Å². The first kappa shape index (κ1) is 24.4. The van der Waals surface area contributed by atoms with Crippen molar-refractivity contribution >= 4 is 12.1 Å². The highest BCUT2D eigenvalue weighted by atomic mass is 16.6. The monoisotopic (exact) mass is 460 g/mol. The summed E-state index contributed by atoms with van der Waals surface area (Å²) in [6.45, 7) is 11.1. The predicted molar refractivity (Wildman–Crippen MR) is 120 cm³/mol. The Hall–Kier alpha value is -3.23. The molecule has 0 unspecified atom stereocenters. The average Bonchev–Trinajstić information content (AvgIpc) is 3.42. The van der Waals surface area contributed by atoms with Gasteiger partial charge in [-0.3, -0.25) is 0 Å². The molecule has 2 aromatic rings. The Bertz CT molecular complexity index is 1020. The van der Waals surface area contributed by atoms with Crippen LogP contribution in [0, 0.1) is 12.8 Å². The van der Waals surface area contributed by atoms with Crippen LogP contribution in [0.4, 0.5) is 4.79 Å². The Labute approximate surface area is 193 Å². The zero-order valence-corrected chi connectivity index (χ0v) is 20.2. The van der Waals surface area contributed by atoms with Crippen LogP contribution >= 0.6 is 0 Å². The number of rotatable bonds is 8. The van der Waals surface area contributed by atoms with Crippen molar-refractivity contribution < 1.29 is 33.0 Å². The summed E-state index contributed by atoms with van der Waals surface area (Å²) in [5, 5.41) is 2.87. The van der Waals surface area contributed by atoms with E-state index in [2.05, 4.69) is 10.3 Å². The van der Waals surface area contributed by atoms with Gasteiger partial charge in [0, 0.05) is 12.5 Å². The number of nitrogens with zero attached hydrogens (tertiary/aromatic N) is 1. The normalized spacial score (nSPS) is 13.9. The third-order valence-electron chi connectivity index (χ3n) is 4.96. The number of aryl methyl sites for hydroxylation is 1. The molecule has 1 fully saturated rings. The zero-order valence-electron chi connectivity index (χ0n) is 20.2. The lowest BCUT2D eigenvalue weighted by Crippen LogP contribution is -2.44. The van der Waals surface area contributed by atoms with Crippen molar-refractivity contribution in [1.82, 2.24) is 10.3 Å². The third kappa shape index (κ3) is 6.40. The molecule has 0 aliphatic heterocycles. The summed E-state index contributed by atoms with van der Waals surface area (Å²) >= 11 is 0. The number of hydrogen-bond donors (Lipinski definition) is 1. The number of oxazole rings is 1. The second-order valence-electron chi connectivity index (χ2n) is 9.62. The van der Waals surface area contributed by atoms with Gasteiger partial charge in [0.25, 0.3) is 0 Å². The summed E-state index contributed by atoms with van der Waals surface area (Å²) in [5.74, 6) is 0.968. The Morgan fingerprint density at radius 1 is 1.15 bits per heavy atom. The number of carbonyl (C=O) groups excluding carboxylic acids is 2. The molecule has 1 saturated carbocycles. The molecular weight excluding hydrogens is 428 g/mol. The SMILES string of the molecule is COc1c(C(C)(C)NC(=O)OC(C)(C)C)ccc(OC(=O)c2coc(C)n2)c1OCC1CC1. The van der Waals surface area contributed by atoms with Gasteiger partial charge in [-0.2, -0.15) is 0 Å². The molecule has 180 valence electrons. The molecule has 9 nitrogen and oxygen atoms in total. The van der Waals surface area contributed by atoms with Gasteiger partial charge in [-0.1, -0.05) is 0 Å². The second kappa shape index (κ2) is 9.33. The average molecular weight is 461 g/mol. The van der Waals surface area contributed by atoms with E-state index in [9.17, 15) is 9.59 Å². The standard InChI is InChI=1S/C24H32N2O7/c1-14-25-17(13-30-14)21(27)32-18-11-10-16(19(29-7)20(18)31-12-15-8-9-15)24(5,6)26-22(28)33-23(2,3)4/h10-11,13,15H,8-9,12H2,1-7H3,(H,26,28). The summed E-state index contributed by atoms with van der Waals surface area (Å²) in [6.07, 6.45) is 2.84. The lowest BCUT2D eigenvalue weighted by molar-refractivity contribution is 0.0469. The van der Waals surface area contributed by atoms with Crippen LogP contribution < -0.4 is 19.5 Å². The fourth-order valence-corrected chi connectivity index (χ4v) is 3.18. The molecule has 3 rings (SSSR count). The van der Waals surface area contributed by atoms with E-state index in [0.29, 0.717) is 29.7 Å². The van der Waals surface area contributed by atoms with Crippen LogP contribution in [0.25, 0.3) is 0 Å². The highest BCUT2D eigenvalue weighted by molar-refractivity contribution is 5.89. The van der Waals surface area contributed by atoms with Crippen molar-refractivity contribution in [3.05, 3.63) is 35.5 Å². The maximum absolute atomic E-state index is 12.6. The van der Waals surface area contributed by atoms with Crippen molar-refractivity contribution in [2.24, 2.45) is 5.92 Å². The highest BCUT2D eigenvalue weighted by Crippen LogP contribution is 2.45. The maximum Gasteiger partial charge on any atom is 0.408 e. The van der Waals surface area contributed by atoms with E-state index in [0.717, 1.165) is 12.8 Å². The lowest BCUT2D eigenvalue weighted by atomic mass is 9.92. The molecule has 1 aromatic carbocycles. The van der Waals surface area contributed by atoms with Gasteiger partial charge in [-0.25, -0.2) is 14.6 Å². The third-order valence-corrected chi connectivity index (χ3v) is 4.96. The molecule has 1 heterocycles. The highest BCUT2D eigenvalue weighted by Gasteiger charge is 2.33. The molecule has 1 aliphatic carbocycles. The maximum atomic E-state index is 12.6. The summed E-state index contributed by atoms with van der Waals surface area (Å²) in [4.78, 5) is 29.0. The number of carbonyl (C=O) groups is 2. The number of hydrogen-bond acceptors (Lipinski definition) is 8. The number of ether oxygens (including phenoxy) is 4. The van der Waals surface area contributed by atoms with Crippen molar-refractivity contribution in [2.75, 3.05) is 13.7 Å². The van der Waals surface area contributed by atoms with Gasteiger partial charge >= 0.3 is 12.1 Å². The fraction of sp³-hybridized carbons (Fsp3) is 0.542. The van der Waals surface area contributed by atoms with Crippen molar-refractivity contribution in [3.8, 4) is 17.2 Å². The number of benzene rings is 1. The predicted octanol–water partition coefficient (Wildman–Crippen LogP) is 4.76. The molecule has 33 heavy (non-hydrogen) atoms. The van der Waals surface area contributed by atoms with Gasteiger partial charge in [0.05, 0.1) is 19.3 Å². The topological polar surface area (TPSA) is 109 Å². The van der Waals surface area contributed by atoms with Crippen LogP contribution in [-0.4, -0.2) is 36.4 Å². The van der Waals surface area contributed by atoms with Gasteiger partial charge in [-0.15, -0.1) is 0 Å². The Kier molecular flexibility index (Phi) is 6.90. The second-order valence-corrected chi connectivity index (χ2v) is 9.62. The minimum Gasteiger partial charge on any atom is -0.492 e. The molecule has 1 aromatic heterocycles. The molecule has 0 atom stereocenters. The first-order valence-corrected chi connectivity index (χ1v) is 10.9. The number of aromatic nitrogens is 1. The molecule has 0 radical (unpaired) electrons. The zero-order chi connectivity index (χ0) is 24.4. The molecule has 0 bridgehead atoms. The number of amides is 1. The van der Waals surface area contributed by atoms with Gasteiger partial charge < -0.3 is 28.7 Å². The Morgan fingerprint density at radius 3 is 2.39 bits per heavy atom. The Balaban J connectivity index is 1.93. The van der Waals surface area contributed by atoms with Crippen LogP contribution in [0.3, 0.4) is 0 Å². The molecule has 0 saturated heterocycles. The summed E-state index contributed by atoms with van der Waals surface area (Å²) < 4.78 is 27.8. The fourth-order valence-electron chi connectivity index (χ4n) is 3.18. The quantitative estimate of drug-likeness (QED) is 0.444. The van der Waals surface area contributed by atoms with Crippen molar-refractivity contribution in [2.45, 2.75) is 65.5 Å². The van der Waals surface area contributed by atoms with E-state index >= 15 is 0 Å². The Morgan fingerprint density at radius 2 is 1.85 bits per heavy atom. The minimum atomic E-state index is -0.878. The largest absolute Gasteiger partial charge is 0.492 e. The summed E-state index contributed by atoms with van der Waals surface area (Å²) in [7, 11) is 1.50.